The Balaban J connectivity index is 2.25. The first kappa shape index (κ1) is 14.6. The van der Waals surface area contributed by atoms with Crippen LogP contribution in [-0.2, 0) is 9.53 Å². The van der Waals surface area contributed by atoms with Crippen molar-refractivity contribution in [1.29, 1.82) is 0 Å². The van der Waals surface area contributed by atoms with Crippen LogP contribution in [0.1, 0.15) is 33.6 Å². The van der Waals surface area contributed by atoms with Crippen molar-refractivity contribution >= 4 is 11.7 Å². The summed E-state index contributed by atoms with van der Waals surface area (Å²) in [6.45, 7) is 6.67. The summed E-state index contributed by atoms with van der Waals surface area (Å²) < 4.78 is 5.22. The molecular weight excluding hydrogens is 226 g/mol. The molecule has 0 saturated carbocycles. The molecule has 0 saturated heterocycles. The summed E-state index contributed by atoms with van der Waals surface area (Å²) in [5.41, 5.74) is 0.934. The largest absolute Gasteiger partial charge is 0.464 e. The maximum Gasteiger partial charge on any atom is 0.328 e. The number of hydrogen-bond acceptors (Lipinski definition) is 3. The minimum absolute atomic E-state index is 0.192. The molecule has 0 amide bonds. The molecule has 18 heavy (non-hydrogen) atoms. The van der Waals surface area contributed by atoms with Crippen molar-refractivity contribution in [3.05, 3.63) is 30.3 Å². The summed E-state index contributed by atoms with van der Waals surface area (Å²) in [6, 6.07) is 9.36. The van der Waals surface area contributed by atoms with Crippen LogP contribution in [0.3, 0.4) is 0 Å². The Bertz CT molecular complexity index is 349. The molecule has 100 valence electrons. The van der Waals surface area contributed by atoms with Crippen molar-refractivity contribution in [3.8, 4) is 0 Å². The topological polar surface area (TPSA) is 38.3 Å². The predicted molar refractivity (Wildman–Crippen MR) is 74.6 cm³/mol. The number of benzene rings is 1. The van der Waals surface area contributed by atoms with Gasteiger partial charge in [-0.3, -0.25) is 0 Å². The van der Waals surface area contributed by atoms with E-state index in [1.807, 2.05) is 37.3 Å². The molecule has 1 aromatic rings. The van der Waals surface area contributed by atoms with Gasteiger partial charge in [-0.1, -0.05) is 32.0 Å². The summed E-state index contributed by atoms with van der Waals surface area (Å²) >= 11 is 0. The summed E-state index contributed by atoms with van der Waals surface area (Å²) in [4.78, 5) is 11.7. The lowest BCUT2D eigenvalue weighted by molar-refractivity contribution is -0.144. The van der Waals surface area contributed by atoms with Gasteiger partial charge in [0.1, 0.15) is 6.04 Å². The lowest BCUT2D eigenvalue weighted by Crippen LogP contribution is -2.28. The lowest BCUT2D eigenvalue weighted by Gasteiger charge is -2.14. The monoisotopic (exact) mass is 249 g/mol. The molecule has 1 rings (SSSR count). The fourth-order valence-corrected chi connectivity index (χ4v) is 1.63. The van der Waals surface area contributed by atoms with Gasteiger partial charge in [0, 0.05) is 5.69 Å². The van der Waals surface area contributed by atoms with Crippen LogP contribution in [0.25, 0.3) is 0 Å². The van der Waals surface area contributed by atoms with Crippen molar-refractivity contribution in [3.63, 3.8) is 0 Å². The first-order valence-electron chi connectivity index (χ1n) is 6.58. The molecule has 1 aromatic carbocycles. The quantitative estimate of drug-likeness (QED) is 0.594. The van der Waals surface area contributed by atoms with Gasteiger partial charge in [0.2, 0.25) is 0 Å². The van der Waals surface area contributed by atoms with Crippen LogP contribution >= 0.6 is 0 Å². The van der Waals surface area contributed by atoms with E-state index in [1.165, 1.54) is 0 Å². The first-order chi connectivity index (χ1) is 8.59. The van der Waals surface area contributed by atoms with Crippen LogP contribution < -0.4 is 5.32 Å². The van der Waals surface area contributed by atoms with Crippen LogP contribution in [0.15, 0.2) is 30.3 Å². The number of rotatable bonds is 7. The zero-order valence-corrected chi connectivity index (χ0v) is 11.5. The first-order valence-corrected chi connectivity index (χ1v) is 6.58. The minimum Gasteiger partial charge on any atom is -0.464 e. The summed E-state index contributed by atoms with van der Waals surface area (Å²) in [5, 5.41) is 3.12. The second kappa shape index (κ2) is 7.75. The molecule has 0 heterocycles. The number of para-hydroxylation sites is 1. The molecule has 1 N–H and O–H groups in total. The smallest absolute Gasteiger partial charge is 0.328 e. The highest BCUT2D eigenvalue weighted by atomic mass is 16.5. The lowest BCUT2D eigenvalue weighted by atomic mass is 10.1. The zero-order chi connectivity index (χ0) is 13.4. The number of anilines is 1. The Hall–Kier alpha value is -1.51. The fraction of sp³-hybridized carbons (Fsp3) is 0.533. The van der Waals surface area contributed by atoms with Crippen LogP contribution in [-0.4, -0.2) is 18.6 Å². The molecule has 0 bridgehead atoms. The number of ether oxygens (including phenoxy) is 1. The number of carbonyl (C=O) groups is 1. The zero-order valence-electron chi connectivity index (χ0n) is 11.5. The van der Waals surface area contributed by atoms with Gasteiger partial charge in [0.15, 0.2) is 0 Å². The molecule has 3 heteroatoms. The van der Waals surface area contributed by atoms with E-state index in [4.69, 9.17) is 4.74 Å². The van der Waals surface area contributed by atoms with E-state index in [0.29, 0.717) is 12.5 Å². The number of esters is 1. The molecule has 0 aromatic heterocycles. The van der Waals surface area contributed by atoms with Crippen molar-refractivity contribution in [2.24, 2.45) is 5.92 Å². The van der Waals surface area contributed by atoms with Gasteiger partial charge in [-0.15, -0.1) is 0 Å². The van der Waals surface area contributed by atoms with Gasteiger partial charge in [0.25, 0.3) is 0 Å². The molecule has 0 aliphatic heterocycles. The maximum atomic E-state index is 11.7. The molecule has 0 radical (unpaired) electrons. The van der Waals surface area contributed by atoms with E-state index >= 15 is 0 Å². The Kier molecular flexibility index (Phi) is 6.26. The van der Waals surface area contributed by atoms with Crippen molar-refractivity contribution in [2.75, 3.05) is 11.9 Å². The van der Waals surface area contributed by atoms with Crippen LogP contribution in [0.2, 0.25) is 0 Å². The molecule has 0 fully saturated rings. The second-order valence-electron chi connectivity index (χ2n) is 4.94. The van der Waals surface area contributed by atoms with Gasteiger partial charge in [-0.25, -0.2) is 4.79 Å². The molecule has 3 nitrogen and oxygen atoms in total. The van der Waals surface area contributed by atoms with Gasteiger partial charge in [-0.2, -0.15) is 0 Å². The third kappa shape index (κ3) is 5.71. The van der Waals surface area contributed by atoms with Crippen LogP contribution in [0.4, 0.5) is 5.69 Å². The Labute approximate surface area is 110 Å². The predicted octanol–water partition coefficient (Wildman–Crippen LogP) is 3.47. The summed E-state index contributed by atoms with van der Waals surface area (Å²) in [6.07, 6.45) is 2.02. The van der Waals surface area contributed by atoms with E-state index in [9.17, 15) is 4.79 Å². The highest BCUT2D eigenvalue weighted by molar-refractivity contribution is 5.78. The van der Waals surface area contributed by atoms with Crippen molar-refractivity contribution in [2.45, 2.75) is 39.7 Å². The SMILES string of the molecule is CC(C)CCCOC(=O)[C@H](C)Nc1ccccc1. The highest BCUT2D eigenvalue weighted by Crippen LogP contribution is 2.08. The molecule has 1 atom stereocenters. The molecule has 0 aliphatic rings. The van der Waals surface area contributed by atoms with E-state index < -0.39 is 0 Å². The third-order valence-electron chi connectivity index (χ3n) is 2.68. The van der Waals surface area contributed by atoms with Crippen LogP contribution in [0, 0.1) is 5.92 Å². The van der Waals surface area contributed by atoms with Gasteiger partial charge in [0.05, 0.1) is 6.61 Å². The Morgan fingerprint density at radius 3 is 2.50 bits per heavy atom. The van der Waals surface area contributed by atoms with Gasteiger partial charge < -0.3 is 10.1 Å². The van der Waals surface area contributed by atoms with Gasteiger partial charge >= 0.3 is 5.97 Å². The minimum atomic E-state index is -0.313. The van der Waals surface area contributed by atoms with Crippen molar-refractivity contribution in [1.82, 2.24) is 0 Å². The standard InChI is InChI=1S/C15H23NO2/c1-12(2)8-7-11-18-15(17)13(3)16-14-9-5-4-6-10-14/h4-6,9-10,12-13,16H,7-8,11H2,1-3H3/t13-/m0/s1. The Morgan fingerprint density at radius 1 is 1.22 bits per heavy atom. The molecular formula is C15H23NO2. The molecule has 0 spiro atoms. The third-order valence-corrected chi connectivity index (χ3v) is 2.68. The fourth-order valence-electron chi connectivity index (χ4n) is 1.63. The molecule has 0 aliphatic carbocycles. The Morgan fingerprint density at radius 2 is 1.89 bits per heavy atom. The number of carbonyl (C=O) groups excluding carboxylic acids is 1. The van der Waals surface area contributed by atoms with E-state index in [1.54, 1.807) is 0 Å². The van der Waals surface area contributed by atoms with E-state index in [0.717, 1.165) is 18.5 Å². The van der Waals surface area contributed by atoms with Crippen LogP contribution in [0.5, 0.6) is 0 Å². The second-order valence-corrected chi connectivity index (χ2v) is 4.94. The van der Waals surface area contributed by atoms with Gasteiger partial charge in [-0.05, 0) is 37.8 Å². The number of nitrogens with one attached hydrogen (secondary N) is 1. The van der Waals surface area contributed by atoms with E-state index in [2.05, 4.69) is 19.2 Å². The maximum absolute atomic E-state index is 11.7. The summed E-state index contributed by atoms with van der Waals surface area (Å²) in [7, 11) is 0. The average Bonchev–Trinajstić information content (AvgIpc) is 2.35. The van der Waals surface area contributed by atoms with E-state index in [-0.39, 0.29) is 12.0 Å². The van der Waals surface area contributed by atoms with Crippen molar-refractivity contribution < 1.29 is 9.53 Å². The molecule has 0 unspecified atom stereocenters. The average molecular weight is 249 g/mol. The summed E-state index contributed by atoms with van der Waals surface area (Å²) in [5.74, 6) is 0.464. The normalized spacial score (nSPS) is 12.2. The number of hydrogen-bond donors (Lipinski definition) is 1. The highest BCUT2D eigenvalue weighted by Gasteiger charge is 2.13.